The SMILES string of the molecule is CC(C)n1c(C(C)(C)O)nc2c(F)cc(-c3nc(NC4CCC(F)(F)CC4)ncc3Cl)cc21. The van der Waals surface area contributed by atoms with Gasteiger partial charge in [-0.15, -0.1) is 0 Å². The lowest BCUT2D eigenvalue weighted by Crippen LogP contribution is -2.32. The number of imidazole rings is 1. The molecule has 3 aromatic rings. The summed E-state index contributed by atoms with van der Waals surface area (Å²) in [7, 11) is 0. The third-order valence-electron chi connectivity index (χ3n) is 5.88. The minimum Gasteiger partial charge on any atom is -0.383 e. The van der Waals surface area contributed by atoms with Gasteiger partial charge in [-0.2, -0.15) is 0 Å². The molecule has 0 atom stereocenters. The zero-order chi connectivity index (χ0) is 24.1. The lowest BCUT2D eigenvalue weighted by molar-refractivity contribution is -0.0361. The van der Waals surface area contributed by atoms with Gasteiger partial charge in [-0.1, -0.05) is 11.6 Å². The van der Waals surface area contributed by atoms with E-state index >= 15 is 4.39 Å². The van der Waals surface area contributed by atoms with E-state index in [0.717, 1.165) is 0 Å². The molecule has 1 fully saturated rings. The smallest absolute Gasteiger partial charge is 0.248 e. The van der Waals surface area contributed by atoms with Crippen LogP contribution in [0.1, 0.15) is 65.2 Å². The Labute approximate surface area is 195 Å². The Morgan fingerprint density at radius 3 is 2.48 bits per heavy atom. The van der Waals surface area contributed by atoms with Gasteiger partial charge in [0.2, 0.25) is 11.9 Å². The lowest BCUT2D eigenvalue weighted by atomic mass is 9.92. The predicted octanol–water partition coefficient (Wildman–Crippen LogP) is 6.08. The van der Waals surface area contributed by atoms with Crippen LogP contribution < -0.4 is 5.32 Å². The lowest BCUT2D eigenvalue weighted by Gasteiger charge is -2.28. The third kappa shape index (κ3) is 4.80. The van der Waals surface area contributed by atoms with Crippen molar-refractivity contribution >= 4 is 28.6 Å². The third-order valence-corrected chi connectivity index (χ3v) is 6.16. The molecule has 2 aromatic heterocycles. The number of rotatable bonds is 5. The molecule has 0 unspecified atom stereocenters. The van der Waals surface area contributed by atoms with E-state index in [1.54, 1.807) is 24.5 Å². The van der Waals surface area contributed by atoms with Crippen LogP contribution in [-0.4, -0.2) is 36.6 Å². The second-order valence-electron chi connectivity index (χ2n) is 9.45. The van der Waals surface area contributed by atoms with Crippen LogP contribution in [-0.2, 0) is 5.60 Å². The topological polar surface area (TPSA) is 75.9 Å². The summed E-state index contributed by atoms with van der Waals surface area (Å²) in [5.41, 5.74) is 0.135. The van der Waals surface area contributed by atoms with Crippen LogP contribution in [0.25, 0.3) is 22.3 Å². The number of alkyl halides is 2. The van der Waals surface area contributed by atoms with Crippen molar-refractivity contribution in [3.8, 4) is 11.3 Å². The van der Waals surface area contributed by atoms with E-state index in [9.17, 15) is 13.9 Å². The number of nitrogens with one attached hydrogen (secondary N) is 1. The fourth-order valence-corrected chi connectivity index (χ4v) is 4.45. The maximum absolute atomic E-state index is 15.1. The quantitative estimate of drug-likeness (QED) is 0.461. The van der Waals surface area contributed by atoms with Crippen molar-refractivity contribution in [2.24, 2.45) is 0 Å². The van der Waals surface area contributed by atoms with Crippen LogP contribution >= 0.6 is 11.6 Å². The molecule has 2 N–H and O–H groups in total. The number of halogens is 4. The predicted molar refractivity (Wildman–Crippen MR) is 122 cm³/mol. The summed E-state index contributed by atoms with van der Waals surface area (Å²) in [4.78, 5) is 13.0. The van der Waals surface area contributed by atoms with Crippen molar-refractivity contribution in [1.82, 2.24) is 19.5 Å². The summed E-state index contributed by atoms with van der Waals surface area (Å²) in [5, 5.41) is 13.9. The maximum atomic E-state index is 15.1. The van der Waals surface area contributed by atoms with Gasteiger partial charge in [0, 0.05) is 30.5 Å². The molecular weight excluding hydrogens is 455 g/mol. The van der Waals surface area contributed by atoms with Gasteiger partial charge in [0.05, 0.1) is 22.4 Å². The monoisotopic (exact) mass is 481 g/mol. The first-order valence-electron chi connectivity index (χ1n) is 11.0. The Morgan fingerprint density at radius 2 is 1.88 bits per heavy atom. The number of nitrogens with zero attached hydrogens (tertiary/aromatic N) is 4. The number of aliphatic hydroxyl groups is 1. The van der Waals surface area contributed by atoms with Crippen molar-refractivity contribution in [2.75, 3.05) is 5.32 Å². The summed E-state index contributed by atoms with van der Waals surface area (Å²) < 4.78 is 43.8. The first-order valence-corrected chi connectivity index (χ1v) is 11.3. The molecule has 0 spiro atoms. The summed E-state index contributed by atoms with van der Waals surface area (Å²) >= 11 is 6.36. The fourth-order valence-electron chi connectivity index (χ4n) is 4.25. The van der Waals surface area contributed by atoms with Crippen molar-refractivity contribution in [3.05, 3.63) is 35.0 Å². The van der Waals surface area contributed by atoms with Gasteiger partial charge in [0.25, 0.3) is 0 Å². The van der Waals surface area contributed by atoms with Crippen molar-refractivity contribution in [3.63, 3.8) is 0 Å². The van der Waals surface area contributed by atoms with E-state index in [4.69, 9.17) is 11.6 Å². The molecule has 1 saturated carbocycles. The molecule has 0 bridgehead atoms. The van der Waals surface area contributed by atoms with E-state index < -0.39 is 17.3 Å². The summed E-state index contributed by atoms with van der Waals surface area (Å²) in [6.07, 6.45) is 1.66. The highest BCUT2D eigenvalue weighted by molar-refractivity contribution is 6.33. The van der Waals surface area contributed by atoms with Crippen LogP contribution in [0.15, 0.2) is 18.3 Å². The first kappa shape index (κ1) is 23.8. The minimum absolute atomic E-state index is 0.0893. The number of hydrogen-bond acceptors (Lipinski definition) is 5. The van der Waals surface area contributed by atoms with Gasteiger partial charge in [-0.3, -0.25) is 0 Å². The van der Waals surface area contributed by atoms with Crippen LogP contribution in [0.5, 0.6) is 0 Å². The van der Waals surface area contributed by atoms with E-state index in [-0.39, 0.29) is 41.4 Å². The number of aromatic nitrogens is 4. The molecule has 178 valence electrons. The number of anilines is 1. The van der Waals surface area contributed by atoms with E-state index in [1.165, 1.54) is 12.3 Å². The molecule has 1 aromatic carbocycles. The van der Waals surface area contributed by atoms with Crippen molar-refractivity contribution in [2.45, 2.75) is 77.0 Å². The average molecular weight is 482 g/mol. The molecule has 0 amide bonds. The number of hydrogen-bond donors (Lipinski definition) is 2. The zero-order valence-electron chi connectivity index (χ0n) is 19.0. The van der Waals surface area contributed by atoms with Gasteiger partial charge < -0.3 is 15.0 Å². The van der Waals surface area contributed by atoms with Gasteiger partial charge in [-0.05, 0) is 52.7 Å². The van der Waals surface area contributed by atoms with Crippen LogP contribution in [0.4, 0.5) is 19.1 Å². The summed E-state index contributed by atoms with van der Waals surface area (Å²) in [6.45, 7) is 7.06. The van der Waals surface area contributed by atoms with Gasteiger partial charge >= 0.3 is 0 Å². The minimum atomic E-state index is -2.63. The van der Waals surface area contributed by atoms with E-state index in [2.05, 4.69) is 20.3 Å². The molecule has 0 saturated heterocycles. The molecule has 4 rings (SSSR count). The molecule has 0 aliphatic heterocycles. The second-order valence-corrected chi connectivity index (χ2v) is 9.86. The van der Waals surface area contributed by atoms with Crippen molar-refractivity contribution < 1.29 is 18.3 Å². The fraction of sp³-hybridized carbons (Fsp3) is 0.522. The molecule has 33 heavy (non-hydrogen) atoms. The van der Waals surface area contributed by atoms with Gasteiger partial charge in [0.15, 0.2) is 5.82 Å². The molecular formula is C23H27ClF3N5O. The Hall–Kier alpha value is -2.39. The highest BCUT2D eigenvalue weighted by Crippen LogP contribution is 2.36. The normalized spacial score (nSPS) is 17.2. The standard InChI is InChI=1S/C23H27ClF3N5O/c1-12(2)32-17-10-13(9-16(25)19(17)30-20(32)22(3,4)33)18-15(24)11-28-21(31-18)29-14-5-7-23(26,27)8-6-14/h9-12,14,33H,5-8H2,1-4H3,(H,28,29,31). The average Bonchev–Trinajstić information content (AvgIpc) is 3.12. The van der Waals surface area contributed by atoms with Crippen LogP contribution in [0, 0.1) is 5.82 Å². The highest BCUT2D eigenvalue weighted by Gasteiger charge is 2.35. The van der Waals surface area contributed by atoms with E-state index in [0.29, 0.717) is 35.4 Å². The Kier molecular flexibility index (Phi) is 6.07. The molecule has 1 aliphatic carbocycles. The summed E-state index contributed by atoms with van der Waals surface area (Å²) in [6, 6.07) is 2.77. The molecule has 0 radical (unpaired) electrons. The van der Waals surface area contributed by atoms with Crippen LogP contribution in [0.3, 0.4) is 0 Å². The Morgan fingerprint density at radius 1 is 1.21 bits per heavy atom. The number of benzene rings is 1. The number of fused-ring (bicyclic) bond motifs is 1. The highest BCUT2D eigenvalue weighted by atomic mass is 35.5. The van der Waals surface area contributed by atoms with E-state index in [1.807, 2.05) is 13.8 Å². The van der Waals surface area contributed by atoms with Gasteiger partial charge in [-0.25, -0.2) is 28.1 Å². The Bertz CT molecular complexity index is 1180. The maximum Gasteiger partial charge on any atom is 0.248 e. The molecule has 1 aliphatic rings. The van der Waals surface area contributed by atoms with Crippen LogP contribution in [0.2, 0.25) is 5.02 Å². The first-order chi connectivity index (χ1) is 15.4. The Balaban J connectivity index is 1.74. The summed E-state index contributed by atoms with van der Waals surface area (Å²) in [5.74, 6) is -2.59. The second kappa shape index (κ2) is 8.43. The molecule has 10 heteroatoms. The van der Waals surface area contributed by atoms with Gasteiger partial charge in [0.1, 0.15) is 16.9 Å². The zero-order valence-corrected chi connectivity index (χ0v) is 19.7. The molecule has 6 nitrogen and oxygen atoms in total. The molecule has 2 heterocycles. The van der Waals surface area contributed by atoms with Crippen molar-refractivity contribution in [1.29, 1.82) is 0 Å². The largest absolute Gasteiger partial charge is 0.383 e.